The molecular weight excluding hydrogens is 276 g/mol. The summed E-state index contributed by atoms with van der Waals surface area (Å²) in [5, 5.41) is 12.6. The zero-order valence-corrected chi connectivity index (χ0v) is 11.6. The first-order valence-electron chi connectivity index (χ1n) is 6.33. The molecule has 1 N–H and O–H groups in total. The quantitative estimate of drug-likeness (QED) is 0.900. The summed E-state index contributed by atoms with van der Waals surface area (Å²) >= 11 is 1.60. The number of anilines is 1. The van der Waals surface area contributed by atoms with Crippen molar-refractivity contribution in [3.8, 4) is 5.75 Å². The van der Waals surface area contributed by atoms with Crippen molar-refractivity contribution in [3.63, 3.8) is 0 Å². The molecule has 2 aromatic rings. The zero-order valence-electron chi connectivity index (χ0n) is 10.8. The van der Waals surface area contributed by atoms with Crippen molar-refractivity contribution < 1.29 is 9.90 Å². The maximum atomic E-state index is 12.3. The number of carbonyl (C=O) groups excluding carboxylic acids is 1. The number of hydrogen-bond acceptors (Lipinski definition) is 6. The molecule has 1 fully saturated rings. The van der Waals surface area contributed by atoms with Crippen molar-refractivity contribution in [2.75, 3.05) is 31.1 Å². The normalized spacial score (nSPS) is 15.4. The predicted octanol–water partition coefficient (Wildman–Crippen LogP) is 1.21. The van der Waals surface area contributed by atoms with Crippen LogP contribution in [0, 0.1) is 0 Å². The Morgan fingerprint density at radius 1 is 1.20 bits per heavy atom. The summed E-state index contributed by atoms with van der Waals surface area (Å²) in [7, 11) is 0. The minimum Gasteiger partial charge on any atom is -0.505 e. The molecule has 0 atom stereocenters. The van der Waals surface area contributed by atoms with E-state index in [1.807, 2.05) is 5.38 Å². The third-order valence-corrected chi connectivity index (χ3v) is 4.08. The Morgan fingerprint density at radius 3 is 2.65 bits per heavy atom. The Hall–Kier alpha value is -2.15. The average Bonchev–Trinajstić information content (AvgIpc) is 3.01. The van der Waals surface area contributed by atoms with E-state index < -0.39 is 0 Å². The number of nitrogens with zero attached hydrogens (tertiary/aromatic N) is 4. The van der Waals surface area contributed by atoms with E-state index in [1.54, 1.807) is 28.5 Å². The van der Waals surface area contributed by atoms with Gasteiger partial charge in [0.1, 0.15) is 5.75 Å². The van der Waals surface area contributed by atoms with Crippen LogP contribution < -0.4 is 4.90 Å². The van der Waals surface area contributed by atoms with Gasteiger partial charge >= 0.3 is 0 Å². The van der Waals surface area contributed by atoms with Gasteiger partial charge in [-0.25, -0.2) is 9.97 Å². The zero-order chi connectivity index (χ0) is 13.9. The maximum Gasteiger partial charge on any atom is 0.276 e. The summed E-state index contributed by atoms with van der Waals surface area (Å²) in [6, 6.07) is 3.08. The highest BCUT2D eigenvalue weighted by Crippen LogP contribution is 2.21. The van der Waals surface area contributed by atoms with Crippen LogP contribution in [0.5, 0.6) is 5.75 Å². The first kappa shape index (κ1) is 12.9. The highest BCUT2D eigenvalue weighted by molar-refractivity contribution is 7.13. The molecule has 0 aromatic carbocycles. The molecule has 104 valence electrons. The van der Waals surface area contributed by atoms with E-state index >= 15 is 0 Å². The smallest absolute Gasteiger partial charge is 0.276 e. The molecule has 3 rings (SSSR count). The van der Waals surface area contributed by atoms with Gasteiger partial charge in [-0.1, -0.05) is 0 Å². The predicted molar refractivity (Wildman–Crippen MR) is 76.1 cm³/mol. The van der Waals surface area contributed by atoms with E-state index in [1.165, 1.54) is 12.3 Å². The van der Waals surface area contributed by atoms with Crippen LogP contribution in [0.2, 0.25) is 0 Å². The van der Waals surface area contributed by atoms with E-state index in [9.17, 15) is 9.90 Å². The molecule has 3 heterocycles. The largest absolute Gasteiger partial charge is 0.505 e. The first-order valence-corrected chi connectivity index (χ1v) is 7.21. The lowest BCUT2D eigenvalue weighted by Crippen LogP contribution is -2.49. The van der Waals surface area contributed by atoms with Crippen molar-refractivity contribution >= 4 is 22.4 Å². The highest BCUT2D eigenvalue weighted by atomic mass is 32.1. The highest BCUT2D eigenvalue weighted by Gasteiger charge is 2.25. The Bertz CT molecular complexity index is 594. The molecule has 0 radical (unpaired) electrons. The fourth-order valence-corrected chi connectivity index (χ4v) is 2.88. The SMILES string of the molecule is O=C(c1ncccc1O)N1CCN(c2nccs2)CC1. The number of amides is 1. The topological polar surface area (TPSA) is 69.6 Å². The number of rotatable bonds is 2. The van der Waals surface area contributed by atoms with E-state index in [0.29, 0.717) is 13.1 Å². The minimum atomic E-state index is -0.220. The number of carbonyl (C=O) groups is 1. The lowest BCUT2D eigenvalue weighted by atomic mass is 10.2. The van der Waals surface area contributed by atoms with Crippen LogP contribution >= 0.6 is 11.3 Å². The van der Waals surface area contributed by atoms with Crippen LogP contribution in [0.4, 0.5) is 5.13 Å². The Labute approximate surface area is 120 Å². The van der Waals surface area contributed by atoms with Crippen LogP contribution in [0.25, 0.3) is 0 Å². The van der Waals surface area contributed by atoms with E-state index in [2.05, 4.69) is 14.9 Å². The van der Waals surface area contributed by atoms with Crippen LogP contribution in [0.3, 0.4) is 0 Å². The van der Waals surface area contributed by atoms with Gasteiger partial charge in [-0.15, -0.1) is 11.3 Å². The number of aromatic nitrogens is 2. The Balaban J connectivity index is 1.66. The van der Waals surface area contributed by atoms with Gasteiger partial charge < -0.3 is 14.9 Å². The lowest BCUT2D eigenvalue weighted by Gasteiger charge is -2.34. The van der Waals surface area contributed by atoms with Crippen molar-refractivity contribution in [2.45, 2.75) is 0 Å². The fraction of sp³-hybridized carbons (Fsp3) is 0.308. The Morgan fingerprint density at radius 2 is 2.00 bits per heavy atom. The Kier molecular flexibility index (Phi) is 3.51. The summed E-state index contributed by atoms with van der Waals surface area (Å²) in [6.45, 7) is 2.70. The summed E-state index contributed by atoms with van der Waals surface area (Å²) in [4.78, 5) is 24.4. The van der Waals surface area contributed by atoms with Gasteiger partial charge in [-0.05, 0) is 12.1 Å². The van der Waals surface area contributed by atoms with Gasteiger partial charge in [-0.2, -0.15) is 0 Å². The van der Waals surface area contributed by atoms with Gasteiger partial charge in [0, 0.05) is 44.0 Å². The number of hydrogen-bond donors (Lipinski definition) is 1. The molecule has 0 spiro atoms. The van der Waals surface area contributed by atoms with Crippen molar-refractivity contribution in [3.05, 3.63) is 35.6 Å². The van der Waals surface area contributed by atoms with E-state index in [4.69, 9.17) is 0 Å². The van der Waals surface area contributed by atoms with Crippen molar-refractivity contribution in [2.24, 2.45) is 0 Å². The summed E-state index contributed by atoms with van der Waals surface area (Å²) in [5.74, 6) is -0.290. The fourth-order valence-electron chi connectivity index (χ4n) is 2.18. The van der Waals surface area contributed by atoms with Crippen molar-refractivity contribution in [1.82, 2.24) is 14.9 Å². The molecule has 7 heteroatoms. The minimum absolute atomic E-state index is 0.0696. The van der Waals surface area contributed by atoms with Crippen LogP contribution in [0.15, 0.2) is 29.9 Å². The van der Waals surface area contributed by atoms with Crippen LogP contribution in [-0.2, 0) is 0 Å². The van der Waals surface area contributed by atoms with Gasteiger partial charge in [0.2, 0.25) is 0 Å². The third-order valence-electron chi connectivity index (χ3n) is 3.25. The van der Waals surface area contributed by atoms with Gasteiger partial charge in [-0.3, -0.25) is 4.79 Å². The first-order chi connectivity index (χ1) is 9.75. The van der Waals surface area contributed by atoms with Crippen LogP contribution in [0.1, 0.15) is 10.5 Å². The van der Waals surface area contributed by atoms with Crippen molar-refractivity contribution in [1.29, 1.82) is 0 Å². The monoisotopic (exact) mass is 290 g/mol. The average molecular weight is 290 g/mol. The summed E-state index contributed by atoms with van der Waals surface area (Å²) in [5.41, 5.74) is 0.121. The van der Waals surface area contributed by atoms with Gasteiger partial charge in [0.25, 0.3) is 5.91 Å². The number of pyridine rings is 1. The third kappa shape index (κ3) is 2.44. The molecule has 1 saturated heterocycles. The molecule has 20 heavy (non-hydrogen) atoms. The molecule has 0 aliphatic carbocycles. The molecule has 0 bridgehead atoms. The van der Waals surface area contributed by atoms with Gasteiger partial charge in [0.15, 0.2) is 10.8 Å². The number of thiazole rings is 1. The summed E-state index contributed by atoms with van der Waals surface area (Å²) in [6.07, 6.45) is 3.29. The molecule has 1 aliphatic rings. The van der Waals surface area contributed by atoms with E-state index in [0.717, 1.165) is 18.2 Å². The van der Waals surface area contributed by atoms with Gasteiger partial charge in [0.05, 0.1) is 0 Å². The van der Waals surface area contributed by atoms with E-state index in [-0.39, 0.29) is 17.4 Å². The molecular formula is C13H14N4O2S. The number of piperazine rings is 1. The molecule has 1 amide bonds. The summed E-state index contributed by atoms with van der Waals surface area (Å²) < 4.78 is 0. The molecule has 6 nitrogen and oxygen atoms in total. The molecule has 2 aromatic heterocycles. The molecule has 0 unspecified atom stereocenters. The van der Waals surface area contributed by atoms with Crippen LogP contribution in [-0.4, -0.2) is 52.1 Å². The second-order valence-electron chi connectivity index (χ2n) is 4.47. The standard InChI is InChI=1S/C13H14N4O2S/c18-10-2-1-3-14-11(10)12(19)16-5-7-17(8-6-16)13-15-4-9-20-13/h1-4,9,18H,5-8H2. The molecule has 0 saturated carbocycles. The number of aromatic hydroxyl groups is 1. The second kappa shape index (κ2) is 5.46. The maximum absolute atomic E-state index is 12.3. The lowest BCUT2D eigenvalue weighted by molar-refractivity contribution is 0.0737. The second-order valence-corrected chi connectivity index (χ2v) is 5.34. The molecule has 1 aliphatic heterocycles.